The molecule has 0 bridgehead atoms. The lowest BCUT2D eigenvalue weighted by molar-refractivity contribution is -0.144. The van der Waals surface area contributed by atoms with Gasteiger partial charge in [-0.15, -0.1) is 0 Å². The van der Waals surface area contributed by atoms with E-state index in [-0.39, 0.29) is 5.91 Å². The summed E-state index contributed by atoms with van der Waals surface area (Å²) < 4.78 is 0. The summed E-state index contributed by atoms with van der Waals surface area (Å²) in [6, 6.07) is 5.59. The van der Waals surface area contributed by atoms with E-state index in [0.29, 0.717) is 18.4 Å². The van der Waals surface area contributed by atoms with Gasteiger partial charge in [-0.2, -0.15) is 0 Å². The molecule has 5 heteroatoms. The summed E-state index contributed by atoms with van der Waals surface area (Å²) in [5, 5.41) is 15.3. The maximum Gasteiger partial charge on any atom is 0.329 e. The van der Waals surface area contributed by atoms with E-state index < -0.39 is 11.5 Å². The quantitative estimate of drug-likeness (QED) is 0.771. The fourth-order valence-electron chi connectivity index (χ4n) is 2.67. The first-order valence-corrected chi connectivity index (χ1v) is 7.34. The molecule has 1 amide bonds. The Morgan fingerprint density at radius 1 is 1.38 bits per heavy atom. The van der Waals surface area contributed by atoms with Crippen LogP contribution in [-0.4, -0.2) is 29.1 Å². The maximum absolute atomic E-state index is 12.3. The summed E-state index contributed by atoms with van der Waals surface area (Å²) in [4.78, 5) is 23.7. The number of hydrogen-bond acceptors (Lipinski definition) is 3. The smallest absolute Gasteiger partial charge is 0.329 e. The highest BCUT2D eigenvalue weighted by Gasteiger charge is 2.34. The Bertz CT molecular complexity index is 556. The van der Waals surface area contributed by atoms with Crippen molar-refractivity contribution in [2.45, 2.75) is 45.2 Å². The van der Waals surface area contributed by atoms with Gasteiger partial charge >= 0.3 is 5.97 Å². The molecule has 3 N–H and O–H groups in total. The van der Waals surface area contributed by atoms with Gasteiger partial charge in [0, 0.05) is 12.1 Å². The first kappa shape index (κ1) is 15.5. The van der Waals surface area contributed by atoms with E-state index >= 15 is 0 Å². The molecular weight excluding hydrogens is 268 g/mol. The molecule has 0 aliphatic carbocycles. The van der Waals surface area contributed by atoms with Crippen molar-refractivity contribution in [3.05, 3.63) is 34.9 Å². The van der Waals surface area contributed by atoms with Crippen LogP contribution in [0, 0.1) is 0 Å². The van der Waals surface area contributed by atoms with Crippen LogP contribution in [0.25, 0.3) is 0 Å². The number of carbonyl (C=O) groups is 2. The third-order valence-electron chi connectivity index (χ3n) is 3.97. The topological polar surface area (TPSA) is 78.4 Å². The molecule has 21 heavy (non-hydrogen) atoms. The van der Waals surface area contributed by atoms with Crippen LogP contribution in [0.4, 0.5) is 0 Å². The number of aliphatic carboxylic acids is 1. The van der Waals surface area contributed by atoms with Gasteiger partial charge in [0.05, 0.1) is 0 Å². The van der Waals surface area contributed by atoms with Crippen molar-refractivity contribution in [3.8, 4) is 0 Å². The van der Waals surface area contributed by atoms with Crippen LogP contribution in [0.3, 0.4) is 0 Å². The van der Waals surface area contributed by atoms with Crippen LogP contribution in [0.2, 0.25) is 0 Å². The molecule has 5 nitrogen and oxygen atoms in total. The van der Waals surface area contributed by atoms with Gasteiger partial charge < -0.3 is 15.7 Å². The molecule has 0 saturated heterocycles. The van der Waals surface area contributed by atoms with E-state index in [4.69, 9.17) is 0 Å². The minimum absolute atomic E-state index is 0.332. The molecule has 0 aromatic heterocycles. The number of carboxylic acid groups (broad SMARTS) is 1. The molecule has 1 aliphatic rings. The van der Waals surface area contributed by atoms with Crippen LogP contribution < -0.4 is 10.6 Å². The predicted octanol–water partition coefficient (Wildman–Crippen LogP) is 1.71. The Morgan fingerprint density at radius 3 is 2.81 bits per heavy atom. The zero-order valence-electron chi connectivity index (χ0n) is 12.5. The fraction of sp³-hybridized carbons (Fsp3) is 0.500. The molecule has 114 valence electrons. The lowest BCUT2D eigenvalue weighted by atomic mass is 9.94. The van der Waals surface area contributed by atoms with Crippen molar-refractivity contribution in [1.82, 2.24) is 10.6 Å². The number of carbonyl (C=O) groups excluding carboxylic acids is 1. The Morgan fingerprint density at radius 2 is 2.14 bits per heavy atom. The third kappa shape index (κ3) is 3.42. The lowest BCUT2D eigenvalue weighted by Crippen LogP contribution is -2.52. The molecule has 1 aromatic rings. The van der Waals surface area contributed by atoms with Crippen LogP contribution >= 0.6 is 0 Å². The summed E-state index contributed by atoms with van der Waals surface area (Å²) in [5.74, 6) is -1.33. The van der Waals surface area contributed by atoms with E-state index in [1.54, 1.807) is 13.0 Å². The molecule has 0 fully saturated rings. The third-order valence-corrected chi connectivity index (χ3v) is 3.97. The summed E-state index contributed by atoms with van der Waals surface area (Å²) in [5.41, 5.74) is 1.65. The average molecular weight is 290 g/mol. The molecule has 1 aliphatic heterocycles. The van der Waals surface area contributed by atoms with Gasteiger partial charge in [-0.1, -0.05) is 19.4 Å². The molecule has 0 spiro atoms. The van der Waals surface area contributed by atoms with E-state index in [0.717, 1.165) is 25.1 Å². The van der Waals surface area contributed by atoms with Crippen molar-refractivity contribution in [2.75, 3.05) is 6.54 Å². The lowest BCUT2D eigenvalue weighted by Gasteiger charge is -2.26. The number of fused-ring (bicyclic) bond motifs is 1. The van der Waals surface area contributed by atoms with Gasteiger partial charge in [-0.3, -0.25) is 4.79 Å². The normalized spacial score (nSPS) is 16.7. The highest BCUT2D eigenvalue weighted by Crippen LogP contribution is 2.18. The molecule has 0 radical (unpaired) electrons. The van der Waals surface area contributed by atoms with Gasteiger partial charge in [0.25, 0.3) is 5.91 Å². The highest BCUT2D eigenvalue weighted by atomic mass is 16.4. The molecular formula is C16H22N2O3. The van der Waals surface area contributed by atoms with Crippen molar-refractivity contribution < 1.29 is 14.7 Å². The minimum Gasteiger partial charge on any atom is -0.480 e. The van der Waals surface area contributed by atoms with E-state index in [2.05, 4.69) is 10.6 Å². The number of nitrogens with one attached hydrogen (secondary N) is 2. The first-order valence-electron chi connectivity index (χ1n) is 7.34. The zero-order valence-corrected chi connectivity index (χ0v) is 12.5. The van der Waals surface area contributed by atoms with Gasteiger partial charge in [0.15, 0.2) is 0 Å². The zero-order chi connectivity index (χ0) is 15.5. The second-order valence-electron chi connectivity index (χ2n) is 5.75. The Hall–Kier alpha value is -1.88. The molecule has 0 saturated carbocycles. The van der Waals surface area contributed by atoms with Gasteiger partial charge in [-0.05, 0) is 49.6 Å². The van der Waals surface area contributed by atoms with Crippen molar-refractivity contribution >= 4 is 11.9 Å². The number of amides is 1. The van der Waals surface area contributed by atoms with Crippen molar-refractivity contribution in [3.63, 3.8) is 0 Å². The van der Waals surface area contributed by atoms with Crippen molar-refractivity contribution in [2.24, 2.45) is 0 Å². The number of carboxylic acids is 1. The molecule has 1 heterocycles. The minimum atomic E-state index is -1.22. The number of rotatable bonds is 5. The fourth-order valence-corrected chi connectivity index (χ4v) is 2.67. The number of benzene rings is 1. The van der Waals surface area contributed by atoms with Gasteiger partial charge in [-0.25, -0.2) is 4.79 Å². The van der Waals surface area contributed by atoms with Gasteiger partial charge in [0.1, 0.15) is 5.54 Å². The average Bonchev–Trinajstić information content (AvgIpc) is 2.46. The van der Waals surface area contributed by atoms with E-state index in [1.807, 2.05) is 19.1 Å². The second kappa shape index (κ2) is 6.26. The summed E-state index contributed by atoms with van der Waals surface area (Å²) in [6.45, 7) is 5.16. The van der Waals surface area contributed by atoms with Gasteiger partial charge in [0.2, 0.25) is 0 Å². The molecule has 1 atom stereocenters. The maximum atomic E-state index is 12.3. The van der Waals surface area contributed by atoms with Crippen LogP contribution in [0.5, 0.6) is 0 Å². The monoisotopic (exact) mass is 290 g/mol. The summed E-state index contributed by atoms with van der Waals surface area (Å²) in [6.07, 6.45) is 2.05. The predicted molar refractivity (Wildman–Crippen MR) is 80.3 cm³/mol. The molecule has 1 unspecified atom stereocenters. The second-order valence-corrected chi connectivity index (χ2v) is 5.75. The van der Waals surface area contributed by atoms with Crippen LogP contribution in [0.1, 0.15) is 48.2 Å². The van der Waals surface area contributed by atoms with E-state index in [9.17, 15) is 14.7 Å². The first-order chi connectivity index (χ1) is 9.96. The van der Waals surface area contributed by atoms with Crippen molar-refractivity contribution in [1.29, 1.82) is 0 Å². The SMILES string of the molecule is CCCC(C)(NC(=O)c1ccc2c(c1)CNCC2)C(=O)O. The summed E-state index contributed by atoms with van der Waals surface area (Å²) in [7, 11) is 0. The Kier molecular flexibility index (Phi) is 4.63. The van der Waals surface area contributed by atoms with Crippen LogP contribution in [-0.2, 0) is 17.8 Å². The Labute approximate surface area is 124 Å². The van der Waals surface area contributed by atoms with Crippen LogP contribution in [0.15, 0.2) is 18.2 Å². The molecule has 1 aromatic carbocycles. The standard InChI is InChI=1S/C16H22N2O3/c1-3-7-16(2,15(20)21)18-14(19)12-5-4-11-6-8-17-10-13(11)9-12/h4-5,9,17H,3,6-8,10H2,1-2H3,(H,18,19)(H,20,21). The summed E-state index contributed by atoms with van der Waals surface area (Å²) >= 11 is 0. The molecule has 2 rings (SSSR count). The van der Waals surface area contributed by atoms with E-state index in [1.165, 1.54) is 5.56 Å². The highest BCUT2D eigenvalue weighted by molar-refractivity contribution is 5.98. The Balaban J connectivity index is 2.18. The largest absolute Gasteiger partial charge is 0.480 e. The number of hydrogen-bond donors (Lipinski definition) is 3.